The summed E-state index contributed by atoms with van der Waals surface area (Å²) in [4.78, 5) is 0. The van der Waals surface area contributed by atoms with Gasteiger partial charge < -0.3 is 5.73 Å². The first-order valence-electron chi connectivity index (χ1n) is 3.88. The third-order valence-corrected chi connectivity index (χ3v) is 1.83. The van der Waals surface area contributed by atoms with Gasteiger partial charge in [-0.25, -0.2) is 0 Å². The topological polar surface area (TPSA) is 26.0 Å². The van der Waals surface area contributed by atoms with Crippen molar-refractivity contribution in [2.24, 2.45) is 5.73 Å². The SMILES string of the molecule is C[C@H](N)/C=C/c1ccccc1Cl. The van der Waals surface area contributed by atoms with E-state index in [0.29, 0.717) is 0 Å². The Morgan fingerprint density at radius 2 is 2.08 bits per heavy atom. The Kier molecular flexibility index (Phi) is 3.32. The van der Waals surface area contributed by atoms with Crippen LogP contribution in [0.4, 0.5) is 0 Å². The molecular formula is C10H12ClN. The van der Waals surface area contributed by atoms with Gasteiger partial charge in [0.15, 0.2) is 0 Å². The number of rotatable bonds is 2. The lowest BCUT2D eigenvalue weighted by Gasteiger charge is -1.97. The Hall–Kier alpha value is -0.790. The number of hydrogen-bond donors (Lipinski definition) is 1. The first-order valence-corrected chi connectivity index (χ1v) is 4.26. The predicted octanol–water partition coefficient (Wildman–Crippen LogP) is 2.70. The molecule has 1 aromatic rings. The fourth-order valence-electron chi connectivity index (χ4n) is 0.866. The van der Waals surface area contributed by atoms with E-state index in [2.05, 4.69) is 0 Å². The van der Waals surface area contributed by atoms with Crippen LogP contribution in [0.3, 0.4) is 0 Å². The maximum atomic E-state index is 5.92. The van der Waals surface area contributed by atoms with Gasteiger partial charge in [-0.3, -0.25) is 0 Å². The molecule has 0 bridgehead atoms. The maximum absolute atomic E-state index is 5.92. The summed E-state index contributed by atoms with van der Waals surface area (Å²) in [5, 5.41) is 0.759. The summed E-state index contributed by atoms with van der Waals surface area (Å²) in [6.07, 6.45) is 3.86. The van der Waals surface area contributed by atoms with Crippen LogP contribution in [0.25, 0.3) is 6.08 Å². The molecule has 0 amide bonds. The van der Waals surface area contributed by atoms with E-state index in [9.17, 15) is 0 Å². The van der Waals surface area contributed by atoms with Gasteiger partial charge >= 0.3 is 0 Å². The molecule has 64 valence electrons. The van der Waals surface area contributed by atoms with Gasteiger partial charge in [0.1, 0.15) is 0 Å². The molecule has 0 spiro atoms. The summed E-state index contributed by atoms with van der Waals surface area (Å²) in [6.45, 7) is 1.92. The highest BCUT2D eigenvalue weighted by atomic mass is 35.5. The highest BCUT2D eigenvalue weighted by Gasteiger charge is 1.92. The Labute approximate surface area is 77.8 Å². The van der Waals surface area contributed by atoms with Crippen molar-refractivity contribution in [3.8, 4) is 0 Å². The summed E-state index contributed by atoms with van der Waals surface area (Å²) in [5.74, 6) is 0. The number of hydrogen-bond acceptors (Lipinski definition) is 1. The summed E-state index contributed by atoms with van der Waals surface area (Å²) >= 11 is 5.92. The van der Waals surface area contributed by atoms with Crippen molar-refractivity contribution in [3.63, 3.8) is 0 Å². The zero-order chi connectivity index (χ0) is 8.97. The van der Waals surface area contributed by atoms with Gasteiger partial charge in [-0.15, -0.1) is 0 Å². The van der Waals surface area contributed by atoms with E-state index < -0.39 is 0 Å². The zero-order valence-electron chi connectivity index (χ0n) is 7.00. The van der Waals surface area contributed by atoms with Crippen LogP contribution >= 0.6 is 11.6 Å². The molecule has 1 aromatic carbocycles. The molecule has 12 heavy (non-hydrogen) atoms. The first-order chi connectivity index (χ1) is 5.70. The van der Waals surface area contributed by atoms with E-state index in [-0.39, 0.29) is 6.04 Å². The molecule has 0 heterocycles. The molecule has 2 heteroatoms. The molecule has 0 aliphatic carbocycles. The van der Waals surface area contributed by atoms with E-state index in [4.69, 9.17) is 17.3 Å². The van der Waals surface area contributed by atoms with Crippen LogP contribution in [-0.2, 0) is 0 Å². The summed E-state index contributed by atoms with van der Waals surface area (Å²) in [6, 6.07) is 7.75. The van der Waals surface area contributed by atoms with Crippen LogP contribution < -0.4 is 5.73 Å². The van der Waals surface area contributed by atoms with E-state index in [1.165, 1.54) is 0 Å². The van der Waals surface area contributed by atoms with E-state index in [0.717, 1.165) is 10.6 Å². The van der Waals surface area contributed by atoms with Crippen molar-refractivity contribution in [1.29, 1.82) is 0 Å². The van der Waals surface area contributed by atoms with Crippen molar-refractivity contribution in [1.82, 2.24) is 0 Å². The second kappa shape index (κ2) is 4.29. The highest BCUT2D eigenvalue weighted by Crippen LogP contribution is 2.16. The Bertz CT molecular complexity index is 279. The molecule has 1 rings (SSSR count). The number of nitrogens with two attached hydrogens (primary N) is 1. The van der Waals surface area contributed by atoms with E-state index in [1.807, 2.05) is 43.3 Å². The van der Waals surface area contributed by atoms with Crippen molar-refractivity contribution in [2.75, 3.05) is 0 Å². The molecule has 0 saturated carbocycles. The molecular weight excluding hydrogens is 170 g/mol. The standard InChI is InChI=1S/C10H12ClN/c1-8(12)6-7-9-4-2-3-5-10(9)11/h2-8H,12H2,1H3/b7-6+/t8-/m0/s1. The monoisotopic (exact) mass is 181 g/mol. The average Bonchev–Trinajstić information content (AvgIpc) is 2.03. The van der Waals surface area contributed by atoms with Gasteiger partial charge in [-0.05, 0) is 18.6 Å². The minimum atomic E-state index is 0.0706. The van der Waals surface area contributed by atoms with E-state index in [1.54, 1.807) is 0 Å². The largest absolute Gasteiger partial charge is 0.325 e. The van der Waals surface area contributed by atoms with Crippen LogP contribution in [-0.4, -0.2) is 6.04 Å². The minimum Gasteiger partial charge on any atom is -0.325 e. The number of benzene rings is 1. The van der Waals surface area contributed by atoms with Crippen molar-refractivity contribution >= 4 is 17.7 Å². The van der Waals surface area contributed by atoms with Crippen LogP contribution in [0.5, 0.6) is 0 Å². The molecule has 1 atom stereocenters. The summed E-state index contributed by atoms with van der Waals surface area (Å²) < 4.78 is 0. The van der Waals surface area contributed by atoms with Gasteiger partial charge in [0.05, 0.1) is 0 Å². The predicted molar refractivity (Wildman–Crippen MR) is 54.1 cm³/mol. The highest BCUT2D eigenvalue weighted by molar-refractivity contribution is 6.32. The van der Waals surface area contributed by atoms with Crippen LogP contribution in [0, 0.1) is 0 Å². The van der Waals surface area contributed by atoms with Crippen LogP contribution in [0.15, 0.2) is 30.3 Å². The Morgan fingerprint density at radius 1 is 1.42 bits per heavy atom. The average molecular weight is 182 g/mol. The summed E-state index contributed by atoms with van der Waals surface area (Å²) in [7, 11) is 0. The van der Waals surface area contributed by atoms with Crippen LogP contribution in [0.1, 0.15) is 12.5 Å². The van der Waals surface area contributed by atoms with Crippen molar-refractivity contribution in [3.05, 3.63) is 40.9 Å². The van der Waals surface area contributed by atoms with E-state index >= 15 is 0 Å². The smallest absolute Gasteiger partial charge is 0.0478 e. The molecule has 0 fully saturated rings. The lowest BCUT2D eigenvalue weighted by molar-refractivity contribution is 0.931. The molecule has 0 aromatic heterocycles. The molecule has 0 unspecified atom stereocenters. The number of halogens is 1. The first kappa shape index (κ1) is 9.30. The molecule has 2 N–H and O–H groups in total. The van der Waals surface area contributed by atoms with Crippen molar-refractivity contribution in [2.45, 2.75) is 13.0 Å². The van der Waals surface area contributed by atoms with Gasteiger partial charge in [0.2, 0.25) is 0 Å². The normalized spacial score (nSPS) is 13.6. The third kappa shape index (κ3) is 2.68. The fourth-order valence-corrected chi connectivity index (χ4v) is 1.06. The third-order valence-electron chi connectivity index (χ3n) is 1.48. The second-order valence-electron chi connectivity index (χ2n) is 2.74. The van der Waals surface area contributed by atoms with Gasteiger partial charge in [0.25, 0.3) is 0 Å². The molecule has 0 saturated heterocycles. The second-order valence-corrected chi connectivity index (χ2v) is 3.15. The Balaban J connectivity index is 2.82. The summed E-state index contributed by atoms with van der Waals surface area (Å²) in [5.41, 5.74) is 6.57. The lowest BCUT2D eigenvalue weighted by atomic mass is 10.2. The van der Waals surface area contributed by atoms with Crippen molar-refractivity contribution < 1.29 is 0 Å². The molecule has 0 aliphatic rings. The molecule has 1 nitrogen and oxygen atoms in total. The molecule has 0 radical (unpaired) electrons. The van der Waals surface area contributed by atoms with Crippen LogP contribution in [0.2, 0.25) is 5.02 Å². The maximum Gasteiger partial charge on any atom is 0.0478 e. The lowest BCUT2D eigenvalue weighted by Crippen LogP contribution is -2.09. The molecule has 0 aliphatic heterocycles. The van der Waals surface area contributed by atoms with Gasteiger partial charge in [-0.1, -0.05) is 42.0 Å². The quantitative estimate of drug-likeness (QED) is 0.746. The van der Waals surface area contributed by atoms with Gasteiger partial charge in [0, 0.05) is 11.1 Å². The Morgan fingerprint density at radius 3 is 2.67 bits per heavy atom. The fraction of sp³-hybridized carbons (Fsp3) is 0.200. The minimum absolute atomic E-state index is 0.0706. The zero-order valence-corrected chi connectivity index (χ0v) is 7.75. The van der Waals surface area contributed by atoms with Gasteiger partial charge in [-0.2, -0.15) is 0 Å².